The number of aliphatic hydroxyl groups excluding tert-OH is 1. The molecule has 3 saturated carbocycles. The molecular formula is C32H56N2O2. The molecule has 0 aromatic carbocycles. The SMILES string of the molecule is CC(C)CCC[C@@H](C)[C@H]1CC[C@H]2[C@@H]3CC=C4C[C@@H](O)C(C(=O)NCC(C)(C)N)C[C@]4(C)[C@H]3CC[C@]12C. The van der Waals surface area contributed by atoms with Crippen LogP contribution in [0.25, 0.3) is 0 Å². The average Bonchev–Trinajstić information content (AvgIpc) is 3.14. The van der Waals surface area contributed by atoms with E-state index in [9.17, 15) is 9.90 Å². The number of rotatable bonds is 8. The largest absolute Gasteiger partial charge is 0.392 e. The van der Waals surface area contributed by atoms with Crippen LogP contribution < -0.4 is 11.1 Å². The highest BCUT2D eigenvalue weighted by atomic mass is 16.3. The molecule has 0 aromatic heterocycles. The van der Waals surface area contributed by atoms with Crippen LogP contribution in [0.5, 0.6) is 0 Å². The van der Waals surface area contributed by atoms with Crippen molar-refractivity contribution in [3.63, 3.8) is 0 Å². The van der Waals surface area contributed by atoms with E-state index in [4.69, 9.17) is 5.73 Å². The van der Waals surface area contributed by atoms with Crippen molar-refractivity contribution < 1.29 is 9.90 Å². The van der Waals surface area contributed by atoms with Crippen LogP contribution in [0.2, 0.25) is 0 Å². The van der Waals surface area contributed by atoms with E-state index in [0.29, 0.717) is 24.3 Å². The van der Waals surface area contributed by atoms with Crippen molar-refractivity contribution in [2.75, 3.05) is 6.54 Å². The standard InChI is InChI=1S/C32H56N2O2/c1-20(2)9-8-10-21(3)25-13-14-26-23-12-11-22-17-28(35)24(29(36)34-19-30(4,5)33)18-32(22,7)27(23)15-16-31(25,26)6/h11,20-21,23-28,35H,8-10,12-19,33H2,1-7H3,(H,34,36)/t21-,23+,24?,25-,26+,27+,28-,31-,32+/m1/s1. The maximum Gasteiger partial charge on any atom is 0.225 e. The number of allylic oxidation sites excluding steroid dienone is 1. The molecule has 3 fully saturated rings. The summed E-state index contributed by atoms with van der Waals surface area (Å²) < 4.78 is 0. The number of fused-ring (bicyclic) bond motifs is 5. The van der Waals surface area contributed by atoms with Crippen molar-refractivity contribution in [2.24, 2.45) is 58.0 Å². The van der Waals surface area contributed by atoms with Gasteiger partial charge in [0.2, 0.25) is 5.91 Å². The Kier molecular flexibility index (Phi) is 8.10. The van der Waals surface area contributed by atoms with Gasteiger partial charge in [-0.25, -0.2) is 0 Å². The third kappa shape index (κ3) is 5.33. The van der Waals surface area contributed by atoms with Crippen LogP contribution in [-0.2, 0) is 4.79 Å². The molecule has 4 nitrogen and oxygen atoms in total. The van der Waals surface area contributed by atoms with E-state index >= 15 is 0 Å². The first kappa shape index (κ1) is 28.1. The minimum atomic E-state index is -0.585. The molecule has 36 heavy (non-hydrogen) atoms. The van der Waals surface area contributed by atoms with Crippen LogP contribution in [0.3, 0.4) is 0 Å². The van der Waals surface area contributed by atoms with Gasteiger partial charge in [-0.05, 0) is 105 Å². The van der Waals surface area contributed by atoms with Crippen molar-refractivity contribution >= 4 is 5.91 Å². The van der Waals surface area contributed by atoms with Crippen molar-refractivity contribution in [3.8, 4) is 0 Å². The Bertz CT molecular complexity index is 829. The van der Waals surface area contributed by atoms with Crippen molar-refractivity contribution in [3.05, 3.63) is 11.6 Å². The molecule has 0 bridgehead atoms. The van der Waals surface area contributed by atoms with Gasteiger partial charge >= 0.3 is 0 Å². The summed E-state index contributed by atoms with van der Waals surface area (Å²) in [6, 6.07) is 0. The fraction of sp³-hybridized carbons (Fsp3) is 0.906. The number of carbonyl (C=O) groups is 1. The molecule has 4 rings (SSSR count). The molecule has 206 valence electrons. The van der Waals surface area contributed by atoms with E-state index in [0.717, 1.165) is 36.0 Å². The Morgan fingerprint density at radius 1 is 1.17 bits per heavy atom. The Labute approximate surface area is 221 Å². The van der Waals surface area contributed by atoms with Crippen LogP contribution in [0.4, 0.5) is 0 Å². The fourth-order valence-corrected chi connectivity index (χ4v) is 9.45. The van der Waals surface area contributed by atoms with Gasteiger partial charge in [0.05, 0.1) is 12.0 Å². The molecule has 4 aliphatic rings. The van der Waals surface area contributed by atoms with E-state index < -0.39 is 11.6 Å². The van der Waals surface area contributed by atoms with Crippen molar-refractivity contribution in [1.29, 1.82) is 0 Å². The summed E-state index contributed by atoms with van der Waals surface area (Å²) in [5, 5.41) is 14.0. The number of nitrogens with one attached hydrogen (secondary N) is 1. The number of amides is 1. The monoisotopic (exact) mass is 500 g/mol. The van der Waals surface area contributed by atoms with Gasteiger partial charge in [-0.2, -0.15) is 0 Å². The molecule has 4 aliphatic carbocycles. The van der Waals surface area contributed by atoms with E-state index in [-0.39, 0.29) is 17.2 Å². The zero-order valence-electron chi connectivity index (χ0n) is 24.4. The normalized spacial score (nSPS) is 41.2. The highest BCUT2D eigenvalue weighted by Gasteiger charge is 2.60. The molecule has 0 saturated heterocycles. The topological polar surface area (TPSA) is 75.3 Å². The lowest BCUT2D eigenvalue weighted by Gasteiger charge is -2.59. The molecule has 0 aromatic rings. The van der Waals surface area contributed by atoms with Crippen LogP contribution >= 0.6 is 0 Å². The maximum atomic E-state index is 13.2. The third-order valence-corrected chi connectivity index (χ3v) is 11.4. The first-order valence-corrected chi connectivity index (χ1v) is 15.2. The highest BCUT2D eigenvalue weighted by molar-refractivity contribution is 5.79. The third-order valence-electron chi connectivity index (χ3n) is 11.4. The molecule has 1 unspecified atom stereocenters. The minimum Gasteiger partial charge on any atom is -0.392 e. The number of nitrogens with two attached hydrogens (primary N) is 1. The van der Waals surface area contributed by atoms with Gasteiger partial charge in [0.15, 0.2) is 0 Å². The summed E-state index contributed by atoms with van der Waals surface area (Å²) in [4.78, 5) is 13.2. The second kappa shape index (κ2) is 10.4. The Morgan fingerprint density at radius 2 is 1.89 bits per heavy atom. The molecule has 4 heteroatoms. The van der Waals surface area contributed by atoms with Crippen LogP contribution in [0.1, 0.15) is 113 Å². The molecule has 4 N–H and O–H groups in total. The first-order chi connectivity index (χ1) is 16.8. The zero-order chi connectivity index (χ0) is 26.5. The maximum absolute atomic E-state index is 13.2. The van der Waals surface area contributed by atoms with Crippen LogP contribution in [0.15, 0.2) is 11.6 Å². The Morgan fingerprint density at radius 3 is 2.56 bits per heavy atom. The fourth-order valence-electron chi connectivity index (χ4n) is 9.45. The van der Waals surface area contributed by atoms with Crippen LogP contribution in [-0.4, -0.2) is 29.2 Å². The van der Waals surface area contributed by atoms with Gasteiger partial charge in [-0.3, -0.25) is 4.79 Å². The summed E-state index contributed by atoms with van der Waals surface area (Å²) in [7, 11) is 0. The highest BCUT2D eigenvalue weighted by Crippen LogP contribution is 2.67. The second-order valence-corrected chi connectivity index (χ2v) is 15.1. The van der Waals surface area contributed by atoms with Gasteiger partial charge in [0.25, 0.3) is 0 Å². The van der Waals surface area contributed by atoms with Crippen molar-refractivity contribution in [2.45, 2.75) is 124 Å². The molecule has 9 atom stereocenters. The average molecular weight is 501 g/mol. The molecule has 0 heterocycles. The number of hydrogen-bond donors (Lipinski definition) is 3. The molecule has 0 radical (unpaired) electrons. The summed E-state index contributed by atoms with van der Waals surface area (Å²) in [6.45, 7) is 16.6. The van der Waals surface area contributed by atoms with Gasteiger partial charge < -0.3 is 16.2 Å². The minimum absolute atomic E-state index is 0.0137. The van der Waals surface area contributed by atoms with E-state index in [1.165, 1.54) is 56.9 Å². The lowest BCUT2D eigenvalue weighted by atomic mass is 9.46. The summed E-state index contributed by atoms with van der Waals surface area (Å²) in [5.74, 6) is 4.32. The molecular weight excluding hydrogens is 444 g/mol. The predicted molar refractivity (Wildman–Crippen MR) is 149 cm³/mol. The number of carbonyl (C=O) groups excluding carboxylic acids is 1. The molecule has 1 amide bonds. The van der Waals surface area contributed by atoms with Gasteiger partial charge in [-0.1, -0.05) is 65.5 Å². The predicted octanol–water partition coefficient (Wildman–Crippen LogP) is 6.47. The molecule has 0 spiro atoms. The second-order valence-electron chi connectivity index (χ2n) is 15.1. The number of aliphatic hydroxyl groups is 1. The van der Waals surface area contributed by atoms with E-state index in [1.54, 1.807) is 0 Å². The lowest BCUT2D eigenvalue weighted by molar-refractivity contribution is -0.134. The first-order valence-electron chi connectivity index (χ1n) is 15.2. The summed E-state index contributed by atoms with van der Waals surface area (Å²) >= 11 is 0. The number of hydrogen-bond acceptors (Lipinski definition) is 3. The smallest absolute Gasteiger partial charge is 0.225 e. The molecule has 0 aliphatic heterocycles. The van der Waals surface area contributed by atoms with E-state index in [1.807, 2.05) is 13.8 Å². The summed E-state index contributed by atoms with van der Waals surface area (Å²) in [5.41, 5.74) is 7.60. The van der Waals surface area contributed by atoms with Crippen molar-refractivity contribution in [1.82, 2.24) is 5.32 Å². The van der Waals surface area contributed by atoms with Gasteiger partial charge in [-0.15, -0.1) is 0 Å². The zero-order valence-corrected chi connectivity index (χ0v) is 24.4. The van der Waals surface area contributed by atoms with E-state index in [2.05, 4.69) is 46.0 Å². The van der Waals surface area contributed by atoms with Gasteiger partial charge in [0.1, 0.15) is 0 Å². The lowest BCUT2D eigenvalue weighted by Crippen LogP contribution is -2.55. The van der Waals surface area contributed by atoms with Crippen LogP contribution in [0, 0.1) is 52.3 Å². The van der Waals surface area contributed by atoms with Gasteiger partial charge in [0, 0.05) is 12.1 Å². The quantitative estimate of drug-likeness (QED) is 0.334. The summed E-state index contributed by atoms with van der Waals surface area (Å²) in [6.07, 6.45) is 14.0. The Hall–Kier alpha value is -0.870. The Balaban J connectivity index is 1.48.